The summed E-state index contributed by atoms with van der Waals surface area (Å²) in [5.41, 5.74) is -1.76. The summed E-state index contributed by atoms with van der Waals surface area (Å²) in [7, 11) is 0. The number of carbonyl (C=O) groups excluding carboxylic acids is 1. The lowest BCUT2D eigenvalue weighted by Crippen LogP contribution is -2.53. The molecule has 0 bridgehead atoms. The van der Waals surface area contributed by atoms with Gasteiger partial charge in [-0.15, -0.1) is 0 Å². The maximum Gasteiger partial charge on any atom is 0.396 e. The van der Waals surface area contributed by atoms with Crippen molar-refractivity contribution >= 4 is 5.91 Å². The number of hydrogen-bond donors (Lipinski definition) is 2. The monoisotopic (exact) mass is 280 g/mol. The number of nitrogens with one attached hydrogen (secondary N) is 2. The lowest BCUT2D eigenvalue weighted by Gasteiger charge is -2.39. The van der Waals surface area contributed by atoms with Gasteiger partial charge < -0.3 is 10.6 Å². The molecule has 0 spiro atoms. The SMILES string of the molecule is CCCC(C)C(=O)NCC1(C(F)(F)F)CCNCC1. The number of alkyl halides is 3. The Kier molecular flexibility index (Phi) is 5.64. The van der Waals surface area contributed by atoms with Gasteiger partial charge in [-0.3, -0.25) is 4.79 Å². The Balaban J connectivity index is 2.62. The normalized spacial score (nSPS) is 20.9. The van der Waals surface area contributed by atoms with Gasteiger partial charge in [0.05, 0.1) is 5.41 Å². The van der Waals surface area contributed by atoms with Crippen LogP contribution in [0, 0.1) is 11.3 Å². The molecule has 1 saturated heterocycles. The minimum atomic E-state index is -4.27. The standard InChI is InChI=1S/C13H23F3N2O/c1-3-4-10(2)11(19)18-9-12(13(14,15)16)5-7-17-8-6-12/h10,17H,3-9H2,1-2H3,(H,18,19). The van der Waals surface area contributed by atoms with Crippen molar-refractivity contribution in [3.05, 3.63) is 0 Å². The van der Waals surface area contributed by atoms with Crippen molar-refractivity contribution in [2.24, 2.45) is 11.3 Å². The van der Waals surface area contributed by atoms with Gasteiger partial charge in [-0.1, -0.05) is 20.3 Å². The van der Waals surface area contributed by atoms with Gasteiger partial charge in [-0.25, -0.2) is 0 Å². The van der Waals surface area contributed by atoms with E-state index < -0.39 is 11.6 Å². The minimum absolute atomic E-state index is 0.0267. The van der Waals surface area contributed by atoms with Gasteiger partial charge in [0.2, 0.25) is 5.91 Å². The van der Waals surface area contributed by atoms with Crippen LogP contribution in [0.15, 0.2) is 0 Å². The van der Waals surface area contributed by atoms with Crippen LogP contribution in [0.1, 0.15) is 39.5 Å². The molecule has 0 aromatic rings. The number of rotatable bonds is 5. The molecule has 1 unspecified atom stereocenters. The molecule has 1 atom stereocenters. The van der Waals surface area contributed by atoms with Crippen LogP contribution in [0.3, 0.4) is 0 Å². The summed E-state index contributed by atoms with van der Waals surface area (Å²) in [6.07, 6.45) is -2.66. The Morgan fingerprint density at radius 3 is 2.42 bits per heavy atom. The predicted molar refractivity (Wildman–Crippen MR) is 67.7 cm³/mol. The zero-order valence-electron chi connectivity index (χ0n) is 11.6. The topological polar surface area (TPSA) is 41.1 Å². The highest BCUT2D eigenvalue weighted by Crippen LogP contribution is 2.44. The van der Waals surface area contributed by atoms with Crippen LogP contribution >= 0.6 is 0 Å². The minimum Gasteiger partial charge on any atom is -0.355 e. The smallest absolute Gasteiger partial charge is 0.355 e. The summed E-state index contributed by atoms with van der Waals surface area (Å²) in [4.78, 5) is 11.8. The molecule has 112 valence electrons. The highest BCUT2D eigenvalue weighted by Gasteiger charge is 2.54. The second-order valence-corrected chi connectivity index (χ2v) is 5.44. The van der Waals surface area contributed by atoms with E-state index in [-0.39, 0.29) is 31.2 Å². The van der Waals surface area contributed by atoms with Crippen molar-refractivity contribution in [1.29, 1.82) is 0 Å². The van der Waals surface area contributed by atoms with Gasteiger partial charge in [-0.2, -0.15) is 13.2 Å². The Labute approximate surface area is 112 Å². The van der Waals surface area contributed by atoms with E-state index in [0.29, 0.717) is 19.5 Å². The van der Waals surface area contributed by atoms with Crippen molar-refractivity contribution in [2.75, 3.05) is 19.6 Å². The van der Waals surface area contributed by atoms with Crippen molar-refractivity contribution in [2.45, 2.75) is 45.7 Å². The molecule has 1 aliphatic heterocycles. The molecule has 0 radical (unpaired) electrons. The first-order valence-electron chi connectivity index (χ1n) is 6.87. The average Bonchev–Trinajstić information content (AvgIpc) is 2.36. The van der Waals surface area contributed by atoms with Gasteiger partial charge in [0, 0.05) is 12.5 Å². The Morgan fingerprint density at radius 1 is 1.37 bits per heavy atom. The number of carbonyl (C=O) groups is 1. The Bertz CT molecular complexity index is 299. The quantitative estimate of drug-likeness (QED) is 0.812. The highest BCUT2D eigenvalue weighted by molar-refractivity contribution is 5.78. The largest absolute Gasteiger partial charge is 0.396 e. The van der Waals surface area contributed by atoms with Crippen LogP contribution in [-0.2, 0) is 4.79 Å². The van der Waals surface area contributed by atoms with Gasteiger partial charge in [0.25, 0.3) is 0 Å². The molecule has 2 N–H and O–H groups in total. The van der Waals surface area contributed by atoms with E-state index >= 15 is 0 Å². The molecule has 0 saturated carbocycles. The Hall–Kier alpha value is -0.780. The number of halogens is 3. The van der Waals surface area contributed by atoms with E-state index in [4.69, 9.17) is 0 Å². The fraction of sp³-hybridized carbons (Fsp3) is 0.923. The van der Waals surface area contributed by atoms with Crippen LogP contribution in [-0.4, -0.2) is 31.7 Å². The average molecular weight is 280 g/mol. The zero-order chi connectivity index (χ0) is 14.5. The maximum atomic E-state index is 13.2. The third-order valence-corrected chi connectivity index (χ3v) is 3.93. The van der Waals surface area contributed by atoms with E-state index in [9.17, 15) is 18.0 Å². The van der Waals surface area contributed by atoms with Crippen molar-refractivity contribution < 1.29 is 18.0 Å². The first kappa shape index (κ1) is 16.3. The van der Waals surface area contributed by atoms with E-state index in [0.717, 1.165) is 6.42 Å². The second kappa shape index (κ2) is 6.59. The fourth-order valence-electron chi connectivity index (χ4n) is 2.46. The molecule has 1 aliphatic rings. The molecule has 1 fully saturated rings. The number of piperidine rings is 1. The first-order chi connectivity index (χ1) is 8.82. The van der Waals surface area contributed by atoms with Gasteiger partial charge in [0.15, 0.2) is 0 Å². The van der Waals surface area contributed by atoms with Gasteiger partial charge in [-0.05, 0) is 32.4 Å². The third kappa shape index (κ3) is 4.09. The van der Waals surface area contributed by atoms with E-state index in [1.807, 2.05) is 6.92 Å². The van der Waals surface area contributed by atoms with Gasteiger partial charge in [0.1, 0.15) is 0 Å². The van der Waals surface area contributed by atoms with Crippen LogP contribution in [0.4, 0.5) is 13.2 Å². The molecule has 6 heteroatoms. The molecular weight excluding hydrogens is 257 g/mol. The molecule has 1 heterocycles. The van der Waals surface area contributed by atoms with E-state index in [2.05, 4.69) is 10.6 Å². The predicted octanol–water partition coefficient (Wildman–Crippen LogP) is 2.47. The Morgan fingerprint density at radius 2 is 1.95 bits per heavy atom. The van der Waals surface area contributed by atoms with Gasteiger partial charge >= 0.3 is 6.18 Å². The van der Waals surface area contributed by atoms with Crippen LogP contribution in [0.2, 0.25) is 0 Å². The number of hydrogen-bond acceptors (Lipinski definition) is 2. The van der Waals surface area contributed by atoms with Crippen molar-refractivity contribution in [3.63, 3.8) is 0 Å². The molecule has 1 amide bonds. The summed E-state index contributed by atoms with van der Waals surface area (Å²) >= 11 is 0. The molecule has 0 aliphatic carbocycles. The maximum absolute atomic E-state index is 13.2. The lowest BCUT2D eigenvalue weighted by atomic mass is 9.78. The summed E-state index contributed by atoms with van der Waals surface area (Å²) in [6, 6.07) is 0. The van der Waals surface area contributed by atoms with Crippen molar-refractivity contribution in [3.8, 4) is 0 Å². The first-order valence-corrected chi connectivity index (χ1v) is 6.87. The molecule has 0 aromatic heterocycles. The molecule has 19 heavy (non-hydrogen) atoms. The zero-order valence-corrected chi connectivity index (χ0v) is 11.6. The summed E-state index contributed by atoms with van der Waals surface area (Å²) in [5, 5.41) is 5.43. The molecule has 1 rings (SSSR count). The highest BCUT2D eigenvalue weighted by atomic mass is 19.4. The molecule has 0 aromatic carbocycles. The summed E-state index contributed by atoms with van der Waals surface area (Å²) < 4.78 is 39.7. The molecular formula is C13H23F3N2O. The lowest BCUT2D eigenvalue weighted by molar-refractivity contribution is -0.230. The fourth-order valence-corrected chi connectivity index (χ4v) is 2.46. The molecule has 3 nitrogen and oxygen atoms in total. The van der Waals surface area contributed by atoms with Crippen LogP contribution in [0.5, 0.6) is 0 Å². The third-order valence-electron chi connectivity index (χ3n) is 3.93. The van der Waals surface area contributed by atoms with E-state index in [1.54, 1.807) is 6.92 Å². The van der Waals surface area contributed by atoms with Crippen LogP contribution < -0.4 is 10.6 Å². The van der Waals surface area contributed by atoms with Crippen LogP contribution in [0.25, 0.3) is 0 Å². The van der Waals surface area contributed by atoms with E-state index in [1.165, 1.54) is 0 Å². The summed E-state index contributed by atoms with van der Waals surface area (Å²) in [5.74, 6) is -0.499. The van der Waals surface area contributed by atoms with Crippen molar-refractivity contribution in [1.82, 2.24) is 10.6 Å². The summed E-state index contributed by atoms with van der Waals surface area (Å²) in [6.45, 7) is 4.10. The number of amides is 1. The second-order valence-electron chi connectivity index (χ2n) is 5.44.